The second kappa shape index (κ2) is 6.36. The van der Waals surface area contributed by atoms with Crippen molar-refractivity contribution in [3.63, 3.8) is 0 Å². The first-order valence-corrected chi connectivity index (χ1v) is 6.87. The van der Waals surface area contributed by atoms with E-state index in [-0.39, 0.29) is 18.2 Å². The molecule has 2 amide bonds. The number of carbonyl (C=O) groups excluding carboxylic acids is 2. The van der Waals surface area contributed by atoms with Gasteiger partial charge in [-0.15, -0.1) is 0 Å². The van der Waals surface area contributed by atoms with Crippen molar-refractivity contribution in [3.05, 3.63) is 29.8 Å². The van der Waals surface area contributed by atoms with Gasteiger partial charge in [-0.2, -0.15) is 0 Å². The van der Waals surface area contributed by atoms with E-state index in [1.165, 1.54) is 5.56 Å². The van der Waals surface area contributed by atoms with Crippen LogP contribution in [0.2, 0.25) is 0 Å². The lowest BCUT2D eigenvalue weighted by atomic mass is 10.0. The Balaban J connectivity index is 2.03. The van der Waals surface area contributed by atoms with E-state index < -0.39 is 0 Å². The molecule has 0 spiro atoms. The summed E-state index contributed by atoms with van der Waals surface area (Å²) in [5.74, 6) is -0.296. The first-order chi connectivity index (χ1) is 9.22. The molecule has 102 valence electrons. The summed E-state index contributed by atoms with van der Waals surface area (Å²) in [4.78, 5) is 25.5. The van der Waals surface area contributed by atoms with Crippen molar-refractivity contribution in [2.24, 2.45) is 0 Å². The van der Waals surface area contributed by atoms with Gasteiger partial charge in [0.05, 0.1) is 0 Å². The molecule has 1 heterocycles. The SMILES string of the molecule is CCCNC(=O)CC(=O)N1CCCc2ccccc21. The van der Waals surface area contributed by atoms with Crippen molar-refractivity contribution in [1.29, 1.82) is 0 Å². The van der Waals surface area contributed by atoms with Crippen molar-refractivity contribution < 1.29 is 9.59 Å². The molecule has 1 aromatic rings. The van der Waals surface area contributed by atoms with Gasteiger partial charge in [-0.1, -0.05) is 25.1 Å². The predicted octanol–water partition coefficient (Wildman–Crippen LogP) is 1.88. The number of benzene rings is 1. The second-order valence-corrected chi connectivity index (χ2v) is 4.80. The minimum Gasteiger partial charge on any atom is -0.356 e. The van der Waals surface area contributed by atoms with Gasteiger partial charge in [0, 0.05) is 18.8 Å². The second-order valence-electron chi connectivity index (χ2n) is 4.80. The summed E-state index contributed by atoms with van der Waals surface area (Å²) in [5.41, 5.74) is 2.15. The van der Waals surface area contributed by atoms with Crippen molar-refractivity contribution in [2.75, 3.05) is 18.0 Å². The van der Waals surface area contributed by atoms with E-state index in [1.807, 2.05) is 31.2 Å². The number of nitrogens with zero attached hydrogens (tertiary/aromatic N) is 1. The van der Waals surface area contributed by atoms with Gasteiger partial charge in [0.1, 0.15) is 6.42 Å². The Labute approximate surface area is 113 Å². The molecular formula is C15H20N2O2. The maximum atomic E-state index is 12.2. The summed E-state index contributed by atoms with van der Waals surface area (Å²) < 4.78 is 0. The first kappa shape index (κ1) is 13.6. The molecule has 4 heteroatoms. The van der Waals surface area contributed by atoms with E-state index in [9.17, 15) is 9.59 Å². The average molecular weight is 260 g/mol. The number of fused-ring (bicyclic) bond motifs is 1. The summed E-state index contributed by atoms with van der Waals surface area (Å²) in [5, 5.41) is 2.74. The van der Waals surface area contributed by atoms with Gasteiger partial charge in [-0.3, -0.25) is 9.59 Å². The molecule has 1 aliphatic heterocycles. The summed E-state index contributed by atoms with van der Waals surface area (Å²) in [7, 11) is 0. The quantitative estimate of drug-likeness (QED) is 0.840. The van der Waals surface area contributed by atoms with E-state index in [0.29, 0.717) is 13.1 Å². The van der Waals surface area contributed by atoms with Gasteiger partial charge >= 0.3 is 0 Å². The number of carbonyl (C=O) groups is 2. The van der Waals surface area contributed by atoms with Crippen LogP contribution >= 0.6 is 0 Å². The van der Waals surface area contributed by atoms with E-state index in [1.54, 1.807) is 4.90 Å². The lowest BCUT2D eigenvalue weighted by Crippen LogP contribution is -2.38. The molecule has 0 saturated heterocycles. The van der Waals surface area contributed by atoms with Crippen LogP contribution in [0.15, 0.2) is 24.3 Å². The number of anilines is 1. The fourth-order valence-electron chi connectivity index (χ4n) is 2.35. The molecule has 0 aromatic heterocycles. The van der Waals surface area contributed by atoms with Crippen LogP contribution in [0.5, 0.6) is 0 Å². The topological polar surface area (TPSA) is 49.4 Å². The highest BCUT2D eigenvalue weighted by Gasteiger charge is 2.23. The third kappa shape index (κ3) is 3.34. The molecule has 1 aromatic carbocycles. The van der Waals surface area contributed by atoms with Gasteiger partial charge in [0.15, 0.2) is 0 Å². The van der Waals surface area contributed by atoms with E-state index in [2.05, 4.69) is 5.32 Å². The number of rotatable bonds is 4. The highest BCUT2D eigenvalue weighted by atomic mass is 16.2. The molecule has 19 heavy (non-hydrogen) atoms. The Morgan fingerprint density at radius 2 is 2.11 bits per heavy atom. The molecule has 0 atom stereocenters. The zero-order chi connectivity index (χ0) is 13.7. The van der Waals surface area contributed by atoms with E-state index in [4.69, 9.17) is 0 Å². The fraction of sp³-hybridized carbons (Fsp3) is 0.467. The fourth-order valence-corrected chi connectivity index (χ4v) is 2.35. The Kier molecular flexibility index (Phi) is 4.55. The molecule has 4 nitrogen and oxygen atoms in total. The Morgan fingerprint density at radius 3 is 2.89 bits per heavy atom. The molecular weight excluding hydrogens is 240 g/mol. The van der Waals surface area contributed by atoms with Gasteiger partial charge in [-0.25, -0.2) is 0 Å². The summed E-state index contributed by atoms with van der Waals surface area (Å²) in [6.45, 7) is 3.32. The van der Waals surface area contributed by atoms with Crippen LogP contribution in [0.3, 0.4) is 0 Å². The molecule has 1 aliphatic rings. The molecule has 1 N–H and O–H groups in total. The first-order valence-electron chi connectivity index (χ1n) is 6.87. The van der Waals surface area contributed by atoms with Crippen LogP contribution in [-0.4, -0.2) is 24.9 Å². The molecule has 0 unspecified atom stereocenters. The largest absolute Gasteiger partial charge is 0.356 e. The maximum absolute atomic E-state index is 12.2. The molecule has 0 saturated carbocycles. The van der Waals surface area contributed by atoms with Crippen molar-refractivity contribution in [3.8, 4) is 0 Å². The predicted molar refractivity (Wildman–Crippen MR) is 75.0 cm³/mol. The minimum absolute atomic E-state index is 0.0612. The third-order valence-corrected chi connectivity index (χ3v) is 3.30. The van der Waals surface area contributed by atoms with Gasteiger partial charge < -0.3 is 10.2 Å². The maximum Gasteiger partial charge on any atom is 0.236 e. The summed E-state index contributed by atoms with van der Waals surface area (Å²) in [6.07, 6.45) is 2.78. The van der Waals surface area contributed by atoms with E-state index >= 15 is 0 Å². The summed E-state index contributed by atoms with van der Waals surface area (Å²) in [6, 6.07) is 7.92. The van der Waals surface area contributed by atoms with Crippen LogP contribution in [0, 0.1) is 0 Å². The highest BCUT2D eigenvalue weighted by molar-refractivity contribution is 6.05. The zero-order valence-corrected chi connectivity index (χ0v) is 11.3. The molecule has 0 bridgehead atoms. The van der Waals surface area contributed by atoms with Crippen LogP contribution < -0.4 is 10.2 Å². The lowest BCUT2D eigenvalue weighted by Gasteiger charge is -2.29. The monoisotopic (exact) mass is 260 g/mol. The van der Waals surface area contributed by atoms with Crippen LogP contribution in [0.4, 0.5) is 5.69 Å². The number of hydrogen-bond acceptors (Lipinski definition) is 2. The molecule has 0 radical (unpaired) electrons. The Hall–Kier alpha value is -1.84. The molecule has 0 fully saturated rings. The number of amides is 2. The van der Waals surface area contributed by atoms with Crippen LogP contribution in [0.1, 0.15) is 31.7 Å². The van der Waals surface area contributed by atoms with Crippen molar-refractivity contribution >= 4 is 17.5 Å². The van der Waals surface area contributed by atoms with Gasteiger partial charge in [-0.05, 0) is 30.9 Å². The third-order valence-electron chi connectivity index (χ3n) is 3.30. The number of nitrogens with one attached hydrogen (secondary N) is 1. The van der Waals surface area contributed by atoms with Gasteiger partial charge in [0.25, 0.3) is 0 Å². The van der Waals surface area contributed by atoms with E-state index in [0.717, 1.165) is 24.9 Å². The average Bonchev–Trinajstić information content (AvgIpc) is 2.44. The molecule has 0 aliphatic carbocycles. The number of aryl methyl sites for hydroxylation is 1. The minimum atomic E-state index is -0.185. The molecule has 2 rings (SSSR count). The normalized spacial score (nSPS) is 13.8. The number of para-hydroxylation sites is 1. The standard InChI is InChI=1S/C15H20N2O2/c1-2-9-16-14(18)11-15(19)17-10-5-7-12-6-3-4-8-13(12)17/h3-4,6,8H,2,5,7,9-11H2,1H3,(H,16,18). The zero-order valence-electron chi connectivity index (χ0n) is 11.3. The van der Waals surface area contributed by atoms with Crippen molar-refractivity contribution in [1.82, 2.24) is 5.32 Å². The Bertz CT molecular complexity index is 471. The smallest absolute Gasteiger partial charge is 0.236 e. The number of hydrogen-bond donors (Lipinski definition) is 1. The van der Waals surface area contributed by atoms with Crippen LogP contribution in [-0.2, 0) is 16.0 Å². The van der Waals surface area contributed by atoms with Gasteiger partial charge in [0.2, 0.25) is 11.8 Å². The highest BCUT2D eigenvalue weighted by Crippen LogP contribution is 2.27. The lowest BCUT2D eigenvalue weighted by molar-refractivity contribution is -0.128. The van der Waals surface area contributed by atoms with Crippen molar-refractivity contribution in [2.45, 2.75) is 32.6 Å². The summed E-state index contributed by atoms with van der Waals surface area (Å²) >= 11 is 0. The Morgan fingerprint density at radius 1 is 1.32 bits per heavy atom. The van der Waals surface area contributed by atoms with Crippen LogP contribution in [0.25, 0.3) is 0 Å².